The second kappa shape index (κ2) is 11.7. The highest BCUT2D eigenvalue weighted by atomic mass is 31.1. The number of hydrogen-bond donors (Lipinski definition) is 0. The summed E-state index contributed by atoms with van der Waals surface area (Å²) in [4.78, 5) is 0. The van der Waals surface area contributed by atoms with Crippen LogP contribution in [0.15, 0.2) is 166 Å². The number of fused-ring (bicyclic) bond motifs is 9. The fraction of sp³-hybridized carbons (Fsp3) is 0.0909. The minimum Gasteiger partial charge on any atom is -0.408 e. The Labute approximate surface area is 280 Å². The van der Waals surface area contributed by atoms with Crippen LogP contribution in [0.1, 0.15) is 37.1 Å². The van der Waals surface area contributed by atoms with E-state index in [1.807, 2.05) is 0 Å². The van der Waals surface area contributed by atoms with Gasteiger partial charge in [-0.05, 0) is 80.2 Å². The van der Waals surface area contributed by atoms with E-state index >= 15 is 0 Å². The van der Waals surface area contributed by atoms with Gasteiger partial charge in [0, 0.05) is 22.9 Å². The highest BCUT2D eigenvalue weighted by Crippen LogP contribution is 2.49. The van der Waals surface area contributed by atoms with Gasteiger partial charge in [0.25, 0.3) is 0 Å². The molecule has 9 aromatic rings. The van der Waals surface area contributed by atoms with E-state index in [2.05, 4.69) is 176 Å². The normalized spacial score (nSPS) is 13.2. The summed E-state index contributed by atoms with van der Waals surface area (Å²) in [6, 6.07) is 56.2. The molecule has 0 saturated heterocycles. The van der Waals surface area contributed by atoms with Crippen molar-refractivity contribution in [1.29, 1.82) is 0 Å². The monoisotopic (exact) mass is 639 g/mol. The minimum atomic E-state index is -1.65. The molecule has 0 aliphatic carbocycles. The summed E-state index contributed by atoms with van der Waals surface area (Å²) in [5, 5.41) is 11.8. The third kappa shape index (κ3) is 4.70. The van der Waals surface area contributed by atoms with Crippen molar-refractivity contribution in [2.24, 2.45) is 0 Å². The predicted octanol–water partition coefficient (Wildman–Crippen LogP) is 13.4. The largest absolute Gasteiger partial charge is 0.408 e. The van der Waals surface area contributed by atoms with Gasteiger partial charge < -0.3 is 8.39 Å². The van der Waals surface area contributed by atoms with Crippen LogP contribution in [-0.4, -0.2) is 0 Å². The molecule has 48 heavy (non-hydrogen) atoms. The average Bonchev–Trinajstić information content (AvgIpc) is 3.31. The lowest BCUT2D eigenvalue weighted by atomic mass is 9.96. The van der Waals surface area contributed by atoms with Gasteiger partial charge in [0.2, 0.25) is 0 Å². The Morgan fingerprint density at radius 2 is 0.750 bits per heavy atom. The molecule has 232 valence electrons. The molecule has 0 aliphatic heterocycles. The summed E-state index contributed by atoms with van der Waals surface area (Å²) in [6.07, 6.45) is 0. The van der Waals surface area contributed by atoms with E-state index in [-0.39, 0.29) is 12.1 Å². The number of hydrogen-bond acceptors (Lipinski definition) is 3. The fourth-order valence-corrected chi connectivity index (χ4v) is 9.27. The molecular formula is C44H34NO2P. The zero-order chi connectivity index (χ0) is 32.2. The van der Waals surface area contributed by atoms with Crippen LogP contribution in [0.5, 0.6) is 0 Å². The predicted molar refractivity (Wildman–Crippen MR) is 204 cm³/mol. The average molecular weight is 640 g/mol. The van der Waals surface area contributed by atoms with Crippen molar-refractivity contribution < 1.29 is 8.39 Å². The van der Waals surface area contributed by atoms with Crippen LogP contribution in [0.3, 0.4) is 0 Å². The molecule has 2 atom stereocenters. The first-order chi connectivity index (χ1) is 23.7. The standard InChI is InChI=1S/C44H34NO2P/c1-29(35-23-11-17-31-13-3-7-19-37(31)35)45(30(2)36-24-12-18-32-14-4-8-20-38(32)36)48-46-41-27-25-33-15-5-9-21-39(33)43(41)44-40-22-10-6-16-34(40)26-28-42(44)47-48/h3-30H,1-2H3. The Bertz CT molecular complexity index is 2500. The molecule has 9 rings (SSSR count). The molecule has 0 radical (unpaired) electrons. The van der Waals surface area contributed by atoms with E-state index in [1.165, 1.54) is 43.4 Å². The lowest BCUT2D eigenvalue weighted by molar-refractivity contribution is 0.561. The zero-order valence-electron chi connectivity index (χ0n) is 26.9. The molecule has 0 spiro atoms. The maximum Gasteiger partial charge on any atom is 0.310 e. The van der Waals surface area contributed by atoms with Crippen molar-refractivity contribution in [2.45, 2.75) is 25.9 Å². The second-order valence-corrected chi connectivity index (χ2v) is 13.9. The second-order valence-electron chi connectivity index (χ2n) is 12.6. The molecule has 0 N–H and O–H groups in total. The van der Waals surface area contributed by atoms with E-state index in [0.29, 0.717) is 0 Å². The molecule has 4 heteroatoms. The van der Waals surface area contributed by atoms with Gasteiger partial charge in [0.1, 0.15) is 11.2 Å². The highest BCUT2D eigenvalue weighted by Gasteiger charge is 2.31. The van der Waals surface area contributed by atoms with Gasteiger partial charge >= 0.3 is 8.16 Å². The Morgan fingerprint density at radius 1 is 0.396 bits per heavy atom. The minimum absolute atomic E-state index is 0.0397. The van der Waals surface area contributed by atoms with E-state index in [1.54, 1.807) is 0 Å². The van der Waals surface area contributed by atoms with Crippen LogP contribution in [0.25, 0.3) is 65.0 Å². The summed E-state index contributed by atoms with van der Waals surface area (Å²) < 4.78 is 16.9. The number of benzene rings is 8. The molecule has 0 fully saturated rings. The number of rotatable bonds is 5. The topological polar surface area (TPSA) is 29.5 Å². The Morgan fingerprint density at radius 3 is 1.19 bits per heavy atom. The molecule has 0 amide bonds. The van der Waals surface area contributed by atoms with Crippen LogP contribution >= 0.6 is 8.16 Å². The van der Waals surface area contributed by atoms with Gasteiger partial charge in [-0.2, -0.15) is 4.67 Å². The van der Waals surface area contributed by atoms with Gasteiger partial charge in [-0.1, -0.05) is 146 Å². The molecular weight excluding hydrogens is 605 g/mol. The van der Waals surface area contributed by atoms with E-state index in [4.69, 9.17) is 8.39 Å². The van der Waals surface area contributed by atoms with Crippen molar-refractivity contribution in [2.75, 3.05) is 4.67 Å². The van der Waals surface area contributed by atoms with Crippen molar-refractivity contribution >= 4 is 73.2 Å². The zero-order valence-corrected chi connectivity index (χ0v) is 27.8. The Kier molecular flexibility index (Phi) is 7.04. The quantitative estimate of drug-likeness (QED) is 0.188. The van der Waals surface area contributed by atoms with Crippen molar-refractivity contribution in [3.05, 3.63) is 169 Å². The summed E-state index contributed by atoms with van der Waals surface area (Å²) in [5.74, 6) is 0. The molecule has 0 bridgehead atoms. The fourth-order valence-electron chi connectivity index (χ4n) is 7.58. The molecule has 1 aromatic heterocycles. The molecule has 1 heterocycles. The lowest BCUT2D eigenvalue weighted by Crippen LogP contribution is -2.27. The summed E-state index contributed by atoms with van der Waals surface area (Å²) >= 11 is 0. The molecule has 3 nitrogen and oxygen atoms in total. The summed E-state index contributed by atoms with van der Waals surface area (Å²) in [5.41, 5.74) is 4.18. The van der Waals surface area contributed by atoms with Gasteiger partial charge in [-0.25, -0.2) is 0 Å². The van der Waals surface area contributed by atoms with Gasteiger partial charge in [-0.3, -0.25) is 0 Å². The molecule has 2 unspecified atom stereocenters. The SMILES string of the molecule is CC(c1cccc2ccccc12)N(C(C)c1cccc2ccccc12)p1oc2ccc3ccccc3c2c2c(ccc3ccccc32)o1. The first-order valence-electron chi connectivity index (χ1n) is 16.6. The van der Waals surface area contributed by atoms with E-state index in [0.717, 1.165) is 32.7 Å². The van der Waals surface area contributed by atoms with Crippen molar-refractivity contribution in [1.82, 2.24) is 0 Å². The molecule has 0 aliphatic rings. The first-order valence-corrected chi connectivity index (χ1v) is 17.7. The van der Waals surface area contributed by atoms with Crippen LogP contribution in [0.4, 0.5) is 0 Å². The smallest absolute Gasteiger partial charge is 0.310 e. The summed E-state index contributed by atoms with van der Waals surface area (Å²) in [6.45, 7) is 4.60. The Hall–Kier alpha value is -5.34. The van der Waals surface area contributed by atoms with Crippen LogP contribution in [0, 0.1) is 0 Å². The van der Waals surface area contributed by atoms with Crippen LogP contribution in [0.2, 0.25) is 0 Å². The molecule has 0 saturated carbocycles. The van der Waals surface area contributed by atoms with Crippen molar-refractivity contribution in [3.8, 4) is 0 Å². The van der Waals surface area contributed by atoms with Gasteiger partial charge in [0.15, 0.2) is 0 Å². The summed E-state index contributed by atoms with van der Waals surface area (Å²) in [7, 11) is -1.65. The maximum absolute atomic E-state index is 7.24. The van der Waals surface area contributed by atoms with Gasteiger partial charge in [0.05, 0.1) is 0 Å². The van der Waals surface area contributed by atoms with Gasteiger partial charge in [-0.15, -0.1) is 0 Å². The molecule has 8 aromatic carbocycles. The third-order valence-electron chi connectivity index (χ3n) is 9.91. The highest BCUT2D eigenvalue weighted by molar-refractivity contribution is 7.39. The maximum atomic E-state index is 7.24. The lowest BCUT2D eigenvalue weighted by Gasteiger charge is -2.33. The Balaban J connectivity index is 1.39. The van der Waals surface area contributed by atoms with Crippen LogP contribution < -0.4 is 4.67 Å². The number of nitrogens with zero attached hydrogens (tertiary/aromatic N) is 1. The van der Waals surface area contributed by atoms with E-state index in [9.17, 15) is 0 Å². The third-order valence-corrected chi connectivity index (χ3v) is 11.7. The first kappa shape index (κ1) is 28.8. The van der Waals surface area contributed by atoms with Crippen LogP contribution in [-0.2, 0) is 0 Å². The van der Waals surface area contributed by atoms with E-state index < -0.39 is 8.16 Å². The van der Waals surface area contributed by atoms with Crippen molar-refractivity contribution in [3.63, 3.8) is 0 Å².